The van der Waals surface area contributed by atoms with Gasteiger partial charge in [-0.15, -0.1) is 0 Å². The first kappa shape index (κ1) is 14.5. The van der Waals surface area contributed by atoms with Crippen molar-refractivity contribution in [3.63, 3.8) is 0 Å². The maximum absolute atomic E-state index is 2.49. The van der Waals surface area contributed by atoms with Crippen LogP contribution in [-0.2, 0) is 17.3 Å². The summed E-state index contributed by atoms with van der Waals surface area (Å²) >= 11 is -1.44. The molecule has 1 atom stereocenters. The fourth-order valence-electron chi connectivity index (χ4n) is 2.39. The standard InChI is InChI=1S/C8H11.2C6H5.Pt/c1-2-4-6-8-7-5-3-1;2*1-2-4-6-5-3-1;/h1-3,6,8H,4-5,7H2;2*1-5H;. The summed E-state index contributed by atoms with van der Waals surface area (Å²) in [6.07, 6.45) is 13.2. The fraction of sp³-hybridized carbons (Fsp3) is 0.200. The number of hydrogen-bond acceptors (Lipinski definition) is 0. The summed E-state index contributed by atoms with van der Waals surface area (Å²) in [6.45, 7) is 0. The molecule has 0 unspecified atom stereocenters. The van der Waals surface area contributed by atoms with E-state index in [1.54, 1.807) is 7.91 Å². The number of hydrogen-bond donors (Lipinski definition) is 0. The van der Waals surface area contributed by atoms with Gasteiger partial charge in [-0.1, -0.05) is 0 Å². The Labute approximate surface area is 133 Å². The van der Waals surface area contributed by atoms with Gasteiger partial charge >= 0.3 is 134 Å². The van der Waals surface area contributed by atoms with Gasteiger partial charge in [0.1, 0.15) is 0 Å². The third kappa shape index (κ3) is 3.83. The van der Waals surface area contributed by atoms with Gasteiger partial charge in [0.25, 0.3) is 0 Å². The van der Waals surface area contributed by atoms with Gasteiger partial charge in [-0.2, -0.15) is 0 Å². The molecule has 2 aromatic carbocycles. The van der Waals surface area contributed by atoms with Crippen LogP contribution in [0.5, 0.6) is 0 Å². The van der Waals surface area contributed by atoms with Crippen LogP contribution >= 0.6 is 0 Å². The van der Waals surface area contributed by atoms with Gasteiger partial charge in [0.05, 0.1) is 0 Å². The molecule has 0 saturated heterocycles. The summed E-state index contributed by atoms with van der Waals surface area (Å²) in [7, 11) is 0. The van der Waals surface area contributed by atoms with Crippen LogP contribution < -0.4 is 7.91 Å². The van der Waals surface area contributed by atoms with Crippen molar-refractivity contribution >= 4 is 7.91 Å². The molecule has 3 rings (SSSR count). The van der Waals surface area contributed by atoms with E-state index >= 15 is 0 Å². The quantitative estimate of drug-likeness (QED) is 0.603. The normalized spacial score (nSPS) is 18.9. The van der Waals surface area contributed by atoms with Crippen molar-refractivity contribution < 1.29 is 17.3 Å². The predicted molar refractivity (Wildman–Crippen MR) is 88.0 cm³/mol. The van der Waals surface area contributed by atoms with Crippen molar-refractivity contribution in [2.75, 3.05) is 0 Å². The molecular formula is C20H21Pt. The average molecular weight is 456 g/mol. The van der Waals surface area contributed by atoms with E-state index in [1.165, 1.54) is 19.3 Å². The molecular weight excluding hydrogens is 435 g/mol. The zero-order chi connectivity index (χ0) is 14.3. The van der Waals surface area contributed by atoms with E-state index in [1.807, 2.05) is 0 Å². The van der Waals surface area contributed by atoms with Crippen LogP contribution in [0.1, 0.15) is 19.3 Å². The minimum absolute atomic E-state index is 0.691. The van der Waals surface area contributed by atoms with Gasteiger partial charge < -0.3 is 0 Å². The van der Waals surface area contributed by atoms with Gasteiger partial charge in [-0.3, -0.25) is 0 Å². The average Bonchev–Trinajstić information content (AvgIpc) is 2.52. The van der Waals surface area contributed by atoms with E-state index < -0.39 is 17.3 Å². The molecule has 0 nitrogen and oxygen atoms in total. The predicted octanol–water partition coefficient (Wildman–Crippen LogP) is 4.34. The van der Waals surface area contributed by atoms with E-state index in [0.29, 0.717) is 4.31 Å². The van der Waals surface area contributed by atoms with Crippen molar-refractivity contribution in [1.29, 1.82) is 0 Å². The van der Waals surface area contributed by atoms with E-state index in [4.69, 9.17) is 0 Å². The second-order valence-electron chi connectivity index (χ2n) is 4.96. The van der Waals surface area contributed by atoms with Crippen molar-refractivity contribution in [2.24, 2.45) is 0 Å². The summed E-state index contributed by atoms with van der Waals surface area (Å²) in [5, 5.41) is 0. The second-order valence-corrected chi connectivity index (χ2v) is 11.2. The molecule has 0 bridgehead atoms. The molecule has 0 radical (unpaired) electrons. The van der Waals surface area contributed by atoms with Gasteiger partial charge in [-0.05, 0) is 0 Å². The summed E-state index contributed by atoms with van der Waals surface area (Å²) in [5.41, 5.74) is 0. The fourth-order valence-corrected chi connectivity index (χ4v) is 9.19. The number of benzene rings is 2. The molecule has 0 spiro atoms. The Morgan fingerprint density at radius 1 is 0.667 bits per heavy atom. The van der Waals surface area contributed by atoms with Crippen LogP contribution in [0.2, 0.25) is 4.31 Å². The van der Waals surface area contributed by atoms with E-state index in [-0.39, 0.29) is 0 Å². The molecule has 111 valence electrons. The third-order valence-corrected chi connectivity index (χ3v) is 10.4. The van der Waals surface area contributed by atoms with E-state index in [0.717, 1.165) is 0 Å². The monoisotopic (exact) mass is 456 g/mol. The Bertz CT molecular complexity index is 559. The van der Waals surface area contributed by atoms with Crippen LogP contribution in [0.25, 0.3) is 0 Å². The summed E-state index contributed by atoms with van der Waals surface area (Å²) in [5.74, 6) is 0. The van der Waals surface area contributed by atoms with Crippen LogP contribution in [0.3, 0.4) is 0 Å². The molecule has 21 heavy (non-hydrogen) atoms. The van der Waals surface area contributed by atoms with E-state index in [2.05, 4.69) is 85.0 Å². The number of rotatable bonds is 3. The zero-order valence-corrected chi connectivity index (χ0v) is 14.4. The summed E-state index contributed by atoms with van der Waals surface area (Å²) in [6, 6.07) is 22.3. The summed E-state index contributed by atoms with van der Waals surface area (Å²) in [4.78, 5) is 0. The van der Waals surface area contributed by atoms with Crippen LogP contribution in [-0.4, -0.2) is 0 Å². The first-order valence-corrected chi connectivity index (χ1v) is 11.0. The molecule has 1 aliphatic rings. The van der Waals surface area contributed by atoms with Gasteiger partial charge in [0, 0.05) is 0 Å². The van der Waals surface area contributed by atoms with Gasteiger partial charge in [-0.25, -0.2) is 0 Å². The Morgan fingerprint density at radius 3 is 1.86 bits per heavy atom. The third-order valence-electron chi connectivity index (χ3n) is 3.40. The zero-order valence-electron chi connectivity index (χ0n) is 12.1. The first-order valence-electron chi connectivity index (χ1n) is 7.45. The molecule has 0 fully saturated rings. The van der Waals surface area contributed by atoms with Crippen molar-refractivity contribution in [3.8, 4) is 0 Å². The van der Waals surface area contributed by atoms with Crippen molar-refractivity contribution in [3.05, 3.63) is 85.0 Å². The Kier molecular flexibility index (Phi) is 5.24. The van der Waals surface area contributed by atoms with Crippen LogP contribution in [0.4, 0.5) is 0 Å². The Hall–Kier alpha value is -1.39. The molecule has 0 saturated carbocycles. The first-order chi connectivity index (χ1) is 10.4. The SMILES string of the molecule is C1=CC[C@@H]([Pt]([c]2ccccc2)[c]2ccccc2)C=CCC1. The Balaban J connectivity index is 1.99. The van der Waals surface area contributed by atoms with Crippen LogP contribution in [0, 0.1) is 0 Å². The summed E-state index contributed by atoms with van der Waals surface area (Å²) < 4.78 is 3.82. The van der Waals surface area contributed by atoms with Crippen LogP contribution in [0.15, 0.2) is 85.0 Å². The molecule has 2 aromatic rings. The molecule has 0 aromatic heterocycles. The van der Waals surface area contributed by atoms with Crippen molar-refractivity contribution in [2.45, 2.75) is 23.6 Å². The molecule has 1 aliphatic carbocycles. The second kappa shape index (κ2) is 7.57. The Morgan fingerprint density at radius 2 is 1.24 bits per heavy atom. The molecule has 0 heterocycles. The molecule has 0 aliphatic heterocycles. The van der Waals surface area contributed by atoms with Gasteiger partial charge in [0.2, 0.25) is 0 Å². The maximum atomic E-state index is 2.49. The topological polar surface area (TPSA) is 0 Å². The van der Waals surface area contributed by atoms with Crippen molar-refractivity contribution in [1.82, 2.24) is 0 Å². The molecule has 0 N–H and O–H groups in total. The molecule has 0 amide bonds. The molecule has 1 heteroatoms. The van der Waals surface area contributed by atoms with Gasteiger partial charge in [0.15, 0.2) is 0 Å². The van der Waals surface area contributed by atoms with E-state index in [9.17, 15) is 0 Å². The minimum atomic E-state index is -1.44. The number of allylic oxidation sites excluding steroid dienone is 4.